The molecule has 0 radical (unpaired) electrons. The Morgan fingerprint density at radius 2 is 1.79 bits per heavy atom. The van der Waals surface area contributed by atoms with Gasteiger partial charge in [-0.05, 0) is 42.8 Å². The van der Waals surface area contributed by atoms with E-state index in [0.29, 0.717) is 17.8 Å². The average molecular weight is 452 g/mol. The maximum Gasteiger partial charge on any atom is 0.163 e. The van der Waals surface area contributed by atoms with Crippen LogP contribution in [0.15, 0.2) is 29.3 Å². The summed E-state index contributed by atoms with van der Waals surface area (Å²) < 4.78 is 33.8. The first-order valence-electron chi connectivity index (χ1n) is 11.3. The van der Waals surface area contributed by atoms with Crippen LogP contribution in [0.5, 0.6) is 0 Å². The molecule has 1 atom stereocenters. The second-order valence-electron chi connectivity index (χ2n) is 8.70. The second-order valence-corrected chi connectivity index (χ2v) is 8.70. The molecular weight excluding hydrogens is 424 g/mol. The molecule has 3 aliphatic rings. The summed E-state index contributed by atoms with van der Waals surface area (Å²) in [4.78, 5) is 18.8. The number of allylic oxidation sites excluding steroid dienone is 1. The van der Waals surface area contributed by atoms with Crippen LogP contribution in [-0.2, 0) is 4.74 Å². The van der Waals surface area contributed by atoms with Gasteiger partial charge in [0.2, 0.25) is 0 Å². The van der Waals surface area contributed by atoms with E-state index in [0.717, 1.165) is 73.4 Å². The Morgan fingerprint density at radius 3 is 2.45 bits per heavy atom. The van der Waals surface area contributed by atoms with Crippen LogP contribution < -0.4 is 4.90 Å². The van der Waals surface area contributed by atoms with Crippen LogP contribution in [0.3, 0.4) is 0 Å². The summed E-state index contributed by atoms with van der Waals surface area (Å²) in [5, 5.41) is 0. The SMILES string of the molecule is COC1CC(c2cc(F)cc(F)c2)=Cc2c1nc(C1=CCCN=C1)nc2N1CCN(C)CC1. The highest BCUT2D eigenvalue weighted by atomic mass is 19.1. The van der Waals surface area contributed by atoms with E-state index in [4.69, 9.17) is 14.7 Å². The van der Waals surface area contributed by atoms with E-state index in [1.54, 1.807) is 7.11 Å². The largest absolute Gasteiger partial charge is 0.375 e. The summed E-state index contributed by atoms with van der Waals surface area (Å²) in [6.07, 6.45) is 6.90. The average Bonchev–Trinajstić information content (AvgIpc) is 2.83. The molecule has 2 aliphatic heterocycles. The number of ether oxygens (including phenoxy) is 1. The Hall–Kier alpha value is -2.97. The molecule has 1 aliphatic carbocycles. The summed E-state index contributed by atoms with van der Waals surface area (Å²) >= 11 is 0. The zero-order valence-corrected chi connectivity index (χ0v) is 18.9. The van der Waals surface area contributed by atoms with Gasteiger partial charge in [0.25, 0.3) is 0 Å². The van der Waals surface area contributed by atoms with Gasteiger partial charge in [-0.1, -0.05) is 6.08 Å². The van der Waals surface area contributed by atoms with Gasteiger partial charge in [0.05, 0.1) is 5.69 Å². The van der Waals surface area contributed by atoms with Crippen molar-refractivity contribution in [3.63, 3.8) is 0 Å². The van der Waals surface area contributed by atoms with Crippen LogP contribution in [0.25, 0.3) is 17.2 Å². The minimum atomic E-state index is -0.597. The molecule has 0 N–H and O–H groups in total. The van der Waals surface area contributed by atoms with E-state index in [9.17, 15) is 8.78 Å². The third-order valence-corrected chi connectivity index (χ3v) is 6.42. The Bertz CT molecular complexity index is 1130. The lowest BCUT2D eigenvalue weighted by Gasteiger charge is -2.36. The quantitative estimate of drug-likeness (QED) is 0.704. The van der Waals surface area contributed by atoms with Crippen molar-refractivity contribution >= 4 is 29.3 Å². The van der Waals surface area contributed by atoms with Gasteiger partial charge in [-0.25, -0.2) is 18.7 Å². The molecule has 0 saturated carbocycles. The third kappa shape index (κ3) is 4.45. The zero-order valence-electron chi connectivity index (χ0n) is 18.9. The predicted molar refractivity (Wildman–Crippen MR) is 126 cm³/mol. The summed E-state index contributed by atoms with van der Waals surface area (Å²) in [7, 11) is 3.75. The third-order valence-electron chi connectivity index (χ3n) is 6.42. The molecule has 0 amide bonds. The summed E-state index contributed by atoms with van der Waals surface area (Å²) in [6, 6.07) is 3.61. The Morgan fingerprint density at radius 1 is 1.03 bits per heavy atom. The number of hydrogen-bond donors (Lipinski definition) is 0. The second kappa shape index (κ2) is 9.11. The van der Waals surface area contributed by atoms with Crippen molar-refractivity contribution in [1.82, 2.24) is 14.9 Å². The normalized spacial score (nSPS) is 21.0. The lowest BCUT2D eigenvalue weighted by Crippen LogP contribution is -2.45. The van der Waals surface area contributed by atoms with E-state index < -0.39 is 11.6 Å². The fourth-order valence-corrected chi connectivity index (χ4v) is 4.57. The number of aliphatic imine (C=N–C) groups is 1. The number of hydrogen-bond acceptors (Lipinski definition) is 6. The first-order valence-corrected chi connectivity index (χ1v) is 11.3. The molecule has 1 unspecified atom stereocenters. The summed E-state index contributed by atoms with van der Waals surface area (Å²) in [5.74, 6) is 0.279. The van der Waals surface area contributed by atoms with Crippen LogP contribution in [0.1, 0.15) is 41.6 Å². The van der Waals surface area contributed by atoms with Crippen molar-refractivity contribution in [3.8, 4) is 0 Å². The summed E-state index contributed by atoms with van der Waals surface area (Å²) in [6.45, 7) is 4.30. The molecular formula is C25H27F2N5O. The maximum atomic E-state index is 14.0. The standard InChI is InChI=1S/C25H27F2N5O/c1-31-6-8-32(9-7-31)25-21-12-18(17-10-19(26)14-20(27)11-17)13-22(33-2)23(21)29-24(30-25)16-4-3-5-28-15-16/h4,10-12,14-15,22H,3,5-9,13H2,1-2H3. The monoisotopic (exact) mass is 451 g/mol. The van der Waals surface area contributed by atoms with E-state index >= 15 is 0 Å². The molecule has 0 spiro atoms. The smallest absolute Gasteiger partial charge is 0.163 e. The minimum absolute atomic E-state index is 0.347. The van der Waals surface area contributed by atoms with Gasteiger partial charge in [-0.15, -0.1) is 0 Å². The molecule has 5 rings (SSSR count). The van der Waals surface area contributed by atoms with Crippen LogP contribution in [0.4, 0.5) is 14.6 Å². The predicted octanol–water partition coefficient (Wildman–Crippen LogP) is 4.00. The van der Waals surface area contributed by atoms with Crippen LogP contribution in [0, 0.1) is 11.6 Å². The number of dihydropyridines is 1. The number of likely N-dealkylation sites (N-methyl/N-ethyl adjacent to an activating group) is 1. The zero-order chi connectivity index (χ0) is 22.9. The van der Waals surface area contributed by atoms with Crippen molar-refractivity contribution < 1.29 is 13.5 Å². The number of fused-ring (bicyclic) bond motifs is 1. The van der Waals surface area contributed by atoms with E-state index in [-0.39, 0.29) is 6.10 Å². The highest BCUT2D eigenvalue weighted by molar-refractivity contribution is 6.09. The molecule has 2 aromatic rings. The van der Waals surface area contributed by atoms with Crippen molar-refractivity contribution in [2.75, 3.05) is 51.8 Å². The number of benzene rings is 1. The number of piperazine rings is 1. The molecule has 1 saturated heterocycles. The van der Waals surface area contributed by atoms with Crippen molar-refractivity contribution in [3.05, 3.63) is 58.6 Å². The molecule has 8 heteroatoms. The first kappa shape index (κ1) is 21.9. The van der Waals surface area contributed by atoms with E-state index in [2.05, 4.69) is 27.9 Å². The van der Waals surface area contributed by atoms with Gasteiger partial charge in [0, 0.05) is 69.7 Å². The van der Waals surface area contributed by atoms with Crippen LogP contribution >= 0.6 is 0 Å². The highest BCUT2D eigenvalue weighted by Crippen LogP contribution is 2.41. The topological polar surface area (TPSA) is 53.9 Å². The highest BCUT2D eigenvalue weighted by Gasteiger charge is 2.30. The number of aromatic nitrogens is 2. The van der Waals surface area contributed by atoms with Crippen molar-refractivity contribution in [2.45, 2.75) is 18.9 Å². The molecule has 3 heterocycles. The Kier molecular flexibility index (Phi) is 6.03. The number of nitrogens with zero attached hydrogens (tertiary/aromatic N) is 5. The number of halogens is 2. The Balaban J connectivity index is 1.66. The first-order chi connectivity index (χ1) is 16.0. The Labute approximate surface area is 192 Å². The van der Waals surface area contributed by atoms with Gasteiger partial charge in [-0.3, -0.25) is 4.99 Å². The lowest BCUT2D eigenvalue weighted by molar-refractivity contribution is 0.103. The fourth-order valence-electron chi connectivity index (χ4n) is 4.57. The van der Waals surface area contributed by atoms with Gasteiger partial charge >= 0.3 is 0 Å². The maximum absolute atomic E-state index is 14.0. The molecule has 33 heavy (non-hydrogen) atoms. The van der Waals surface area contributed by atoms with Crippen LogP contribution in [-0.4, -0.2) is 68.0 Å². The molecule has 172 valence electrons. The van der Waals surface area contributed by atoms with Crippen molar-refractivity contribution in [2.24, 2.45) is 4.99 Å². The van der Waals surface area contributed by atoms with Crippen LogP contribution in [0.2, 0.25) is 0 Å². The molecule has 1 fully saturated rings. The lowest BCUT2D eigenvalue weighted by atomic mass is 9.89. The van der Waals surface area contributed by atoms with Gasteiger partial charge in [0.1, 0.15) is 23.6 Å². The van der Waals surface area contributed by atoms with E-state index in [1.165, 1.54) is 12.1 Å². The van der Waals surface area contributed by atoms with Gasteiger partial charge in [0.15, 0.2) is 5.82 Å². The minimum Gasteiger partial charge on any atom is -0.375 e. The molecule has 0 bridgehead atoms. The van der Waals surface area contributed by atoms with E-state index in [1.807, 2.05) is 12.3 Å². The van der Waals surface area contributed by atoms with Gasteiger partial charge < -0.3 is 14.5 Å². The molecule has 1 aromatic carbocycles. The number of anilines is 1. The number of methoxy groups -OCH3 is 1. The van der Waals surface area contributed by atoms with Gasteiger partial charge in [-0.2, -0.15) is 0 Å². The van der Waals surface area contributed by atoms with Crippen molar-refractivity contribution in [1.29, 1.82) is 0 Å². The number of rotatable bonds is 4. The molecule has 6 nitrogen and oxygen atoms in total. The molecule has 1 aromatic heterocycles. The summed E-state index contributed by atoms with van der Waals surface area (Å²) in [5.41, 5.74) is 3.89. The fraction of sp³-hybridized carbons (Fsp3) is 0.400.